The van der Waals surface area contributed by atoms with Gasteiger partial charge in [-0.3, -0.25) is 4.79 Å². The standard InChI is InChI=1S/C27H24BrN3O2/c28-24-12-10-21(11-13-24)20-33-26-9-5-4-6-22(26)18-23(19-29)27(32)31-16-14-30(15-17-31)25-7-2-1-3-8-25/h1-13,18H,14-17,20H2/b23-18-. The Balaban J connectivity index is 1.44. The van der Waals surface area contributed by atoms with Crippen molar-refractivity contribution in [3.63, 3.8) is 0 Å². The molecule has 0 radical (unpaired) electrons. The van der Waals surface area contributed by atoms with Crippen LogP contribution in [-0.2, 0) is 11.4 Å². The number of nitriles is 1. The van der Waals surface area contributed by atoms with Gasteiger partial charge >= 0.3 is 0 Å². The van der Waals surface area contributed by atoms with Crippen LogP contribution in [0.4, 0.5) is 5.69 Å². The molecule has 0 aliphatic carbocycles. The third kappa shape index (κ3) is 5.82. The molecular formula is C27H24BrN3O2. The Hall–Kier alpha value is -3.56. The molecule has 4 rings (SSSR count). The number of nitrogens with zero attached hydrogens (tertiary/aromatic N) is 3. The van der Waals surface area contributed by atoms with Crippen LogP contribution in [0, 0.1) is 11.3 Å². The van der Waals surface area contributed by atoms with E-state index in [9.17, 15) is 10.1 Å². The van der Waals surface area contributed by atoms with E-state index in [0.29, 0.717) is 31.0 Å². The van der Waals surface area contributed by atoms with Gasteiger partial charge in [-0.25, -0.2) is 0 Å². The first-order valence-electron chi connectivity index (χ1n) is 10.8. The predicted octanol–water partition coefficient (Wildman–Crippen LogP) is 5.28. The fourth-order valence-electron chi connectivity index (χ4n) is 3.75. The summed E-state index contributed by atoms with van der Waals surface area (Å²) in [6, 6.07) is 27.6. The Bertz CT molecular complexity index is 1160. The molecule has 166 valence electrons. The van der Waals surface area contributed by atoms with Crippen LogP contribution >= 0.6 is 15.9 Å². The molecule has 0 N–H and O–H groups in total. The number of anilines is 1. The summed E-state index contributed by atoms with van der Waals surface area (Å²) >= 11 is 3.43. The highest BCUT2D eigenvalue weighted by molar-refractivity contribution is 9.10. The number of ether oxygens (including phenoxy) is 1. The largest absolute Gasteiger partial charge is 0.488 e. The zero-order valence-corrected chi connectivity index (χ0v) is 19.7. The molecular weight excluding hydrogens is 478 g/mol. The summed E-state index contributed by atoms with van der Waals surface area (Å²) in [6.45, 7) is 3.03. The molecule has 1 aliphatic rings. The monoisotopic (exact) mass is 501 g/mol. The van der Waals surface area contributed by atoms with Crippen LogP contribution in [0.15, 0.2) is 88.9 Å². The molecule has 0 atom stereocenters. The maximum absolute atomic E-state index is 13.1. The molecule has 0 unspecified atom stereocenters. The van der Waals surface area contributed by atoms with Crippen LogP contribution < -0.4 is 9.64 Å². The molecule has 6 heteroatoms. The van der Waals surface area contributed by atoms with Crippen molar-refractivity contribution in [1.82, 2.24) is 4.90 Å². The van der Waals surface area contributed by atoms with Crippen molar-refractivity contribution in [1.29, 1.82) is 5.26 Å². The van der Waals surface area contributed by atoms with Crippen molar-refractivity contribution in [2.45, 2.75) is 6.61 Å². The van der Waals surface area contributed by atoms with Gasteiger partial charge in [0.2, 0.25) is 0 Å². The summed E-state index contributed by atoms with van der Waals surface area (Å²) in [6.07, 6.45) is 1.63. The first-order chi connectivity index (χ1) is 16.1. The van der Waals surface area contributed by atoms with Crippen LogP contribution in [-0.4, -0.2) is 37.0 Å². The molecule has 1 saturated heterocycles. The highest BCUT2D eigenvalue weighted by Gasteiger charge is 2.24. The van der Waals surface area contributed by atoms with E-state index in [-0.39, 0.29) is 11.5 Å². The predicted molar refractivity (Wildman–Crippen MR) is 134 cm³/mol. The molecule has 5 nitrogen and oxygen atoms in total. The van der Waals surface area contributed by atoms with Gasteiger partial charge in [0.15, 0.2) is 0 Å². The Kier molecular flexibility index (Phi) is 7.43. The summed E-state index contributed by atoms with van der Waals surface area (Å²) in [7, 11) is 0. The lowest BCUT2D eigenvalue weighted by molar-refractivity contribution is -0.126. The lowest BCUT2D eigenvalue weighted by Gasteiger charge is -2.36. The van der Waals surface area contributed by atoms with Crippen molar-refractivity contribution < 1.29 is 9.53 Å². The lowest BCUT2D eigenvalue weighted by atomic mass is 10.1. The Morgan fingerprint density at radius 1 is 0.939 bits per heavy atom. The highest BCUT2D eigenvalue weighted by Crippen LogP contribution is 2.24. The molecule has 0 bridgehead atoms. The fraction of sp³-hybridized carbons (Fsp3) is 0.185. The second-order valence-electron chi connectivity index (χ2n) is 7.74. The zero-order chi connectivity index (χ0) is 23.0. The van der Waals surface area contributed by atoms with Gasteiger partial charge in [0.05, 0.1) is 0 Å². The minimum Gasteiger partial charge on any atom is -0.488 e. The summed E-state index contributed by atoms with van der Waals surface area (Å²) in [5.74, 6) is 0.391. The molecule has 3 aromatic rings. The number of carbonyl (C=O) groups is 1. The number of hydrogen-bond donors (Lipinski definition) is 0. The van der Waals surface area contributed by atoms with Gasteiger partial charge in [0.1, 0.15) is 24.0 Å². The Labute approximate surface area is 202 Å². The third-order valence-corrected chi connectivity index (χ3v) is 6.09. The van der Waals surface area contributed by atoms with E-state index in [0.717, 1.165) is 28.8 Å². The molecule has 0 spiro atoms. The minimum absolute atomic E-state index is 0.114. The summed E-state index contributed by atoms with van der Waals surface area (Å²) in [5.41, 5.74) is 3.01. The first-order valence-corrected chi connectivity index (χ1v) is 11.6. The minimum atomic E-state index is -0.243. The number of benzene rings is 3. The maximum Gasteiger partial charge on any atom is 0.264 e. The van der Waals surface area contributed by atoms with Crippen LogP contribution in [0.25, 0.3) is 6.08 Å². The summed E-state index contributed by atoms with van der Waals surface area (Å²) in [4.78, 5) is 17.1. The van der Waals surface area contributed by atoms with Crippen molar-refractivity contribution in [3.8, 4) is 11.8 Å². The molecule has 1 amide bonds. The van der Waals surface area contributed by atoms with Crippen LogP contribution in [0.2, 0.25) is 0 Å². The van der Waals surface area contributed by atoms with Gasteiger partial charge in [-0.2, -0.15) is 5.26 Å². The maximum atomic E-state index is 13.1. The van der Waals surface area contributed by atoms with E-state index < -0.39 is 0 Å². The SMILES string of the molecule is N#C/C(=C/c1ccccc1OCc1ccc(Br)cc1)C(=O)N1CCN(c2ccccc2)CC1. The number of carbonyl (C=O) groups excluding carboxylic acids is 1. The highest BCUT2D eigenvalue weighted by atomic mass is 79.9. The summed E-state index contributed by atoms with van der Waals surface area (Å²) < 4.78 is 7.01. The van der Waals surface area contributed by atoms with E-state index in [1.165, 1.54) is 0 Å². The van der Waals surface area contributed by atoms with E-state index in [2.05, 4.69) is 39.0 Å². The number of piperazine rings is 1. The van der Waals surface area contributed by atoms with E-state index >= 15 is 0 Å². The summed E-state index contributed by atoms with van der Waals surface area (Å²) in [5, 5.41) is 9.72. The van der Waals surface area contributed by atoms with Gasteiger partial charge in [0, 0.05) is 41.9 Å². The lowest BCUT2D eigenvalue weighted by Crippen LogP contribution is -2.49. The average molecular weight is 502 g/mol. The van der Waals surface area contributed by atoms with Gasteiger partial charge < -0.3 is 14.5 Å². The van der Waals surface area contributed by atoms with Crippen LogP contribution in [0.1, 0.15) is 11.1 Å². The number of para-hydroxylation sites is 2. The molecule has 3 aromatic carbocycles. The quantitative estimate of drug-likeness (QED) is 0.340. The first kappa shape index (κ1) is 22.6. The molecule has 0 saturated carbocycles. The topological polar surface area (TPSA) is 56.6 Å². The van der Waals surface area contributed by atoms with E-state index in [4.69, 9.17) is 4.74 Å². The van der Waals surface area contributed by atoms with E-state index in [1.807, 2.05) is 66.7 Å². The van der Waals surface area contributed by atoms with Gasteiger partial charge in [-0.1, -0.05) is 64.5 Å². The van der Waals surface area contributed by atoms with Crippen molar-refractivity contribution in [3.05, 3.63) is 100 Å². The van der Waals surface area contributed by atoms with Crippen LogP contribution in [0.3, 0.4) is 0 Å². The molecule has 1 heterocycles. The Morgan fingerprint density at radius 3 is 2.30 bits per heavy atom. The number of amides is 1. The molecule has 0 aromatic heterocycles. The second kappa shape index (κ2) is 10.8. The second-order valence-corrected chi connectivity index (χ2v) is 8.65. The van der Waals surface area contributed by atoms with Gasteiger partial charge in [0.25, 0.3) is 5.91 Å². The number of halogens is 1. The van der Waals surface area contributed by atoms with Crippen molar-refractivity contribution in [2.75, 3.05) is 31.1 Å². The van der Waals surface area contributed by atoms with Gasteiger partial charge in [-0.15, -0.1) is 0 Å². The number of rotatable bonds is 6. The smallest absolute Gasteiger partial charge is 0.264 e. The Morgan fingerprint density at radius 2 is 1.61 bits per heavy atom. The van der Waals surface area contributed by atoms with Gasteiger partial charge in [-0.05, 0) is 42.0 Å². The third-order valence-electron chi connectivity index (χ3n) is 5.57. The fourth-order valence-corrected chi connectivity index (χ4v) is 4.01. The molecule has 33 heavy (non-hydrogen) atoms. The van der Waals surface area contributed by atoms with E-state index in [1.54, 1.807) is 11.0 Å². The molecule has 1 fully saturated rings. The normalized spacial score (nSPS) is 14.0. The van der Waals surface area contributed by atoms with Crippen molar-refractivity contribution in [2.24, 2.45) is 0 Å². The average Bonchev–Trinajstić information content (AvgIpc) is 2.88. The number of hydrogen-bond acceptors (Lipinski definition) is 4. The zero-order valence-electron chi connectivity index (χ0n) is 18.2. The van der Waals surface area contributed by atoms with Crippen LogP contribution in [0.5, 0.6) is 5.75 Å². The molecule has 1 aliphatic heterocycles. The van der Waals surface area contributed by atoms with Crippen molar-refractivity contribution >= 4 is 33.6 Å².